The van der Waals surface area contributed by atoms with E-state index in [1.165, 1.54) is 0 Å². The summed E-state index contributed by atoms with van der Waals surface area (Å²) in [6.07, 6.45) is 1.71. The summed E-state index contributed by atoms with van der Waals surface area (Å²) in [4.78, 5) is 16.5. The quantitative estimate of drug-likeness (QED) is 0.884. The summed E-state index contributed by atoms with van der Waals surface area (Å²) in [6, 6.07) is 7.05. The number of benzene rings is 1. The van der Waals surface area contributed by atoms with Crippen molar-refractivity contribution in [2.24, 2.45) is 11.1 Å². The van der Waals surface area contributed by atoms with Crippen LogP contribution >= 0.6 is 15.9 Å². The van der Waals surface area contributed by atoms with Gasteiger partial charge >= 0.3 is 0 Å². The molecule has 20 heavy (non-hydrogen) atoms. The van der Waals surface area contributed by atoms with Gasteiger partial charge in [-0.15, -0.1) is 0 Å². The van der Waals surface area contributed by atoms with Crippen molar-refractivity contribution in [1.82, 2.24) is 4.98 Å². The molecule has 3 N–H and O–H groups in total. The Kier molecular flexibility index (Phi) is 4.11. The molecule has 1 aromatic heterocycles. The summed E-state index contributed by atoms with van der Waals surface area (Å²) in [5.41, 5.74) is 7.12. The number of nitrogens with two attached hydrogens (primary N) is 1. The molecule has 0 radical (unpaired) electrons. The topological polar surface area (TPSA) is 68.0 Å². The summed E-state index contributed by atoms with van der Waals surface area (Å²) in [5.74, 6) is -0.199. The molecule has 1 atom stereocenters. The SMILES string of the molecule is CC(C)(C)C(N)C(=O)Nc1cccc2cc(Br)cnc12. The minimum Gasteiger partial charge on any atom is -0.323 e. The molecule has 5 heteroatoms. The number of aromatic nitrogens is 1. The van der Waals surface area contributed by atoms with Gasteiger partial charge in [0.2, 0.25) is 5.91 Å². The number of carbonyl (C=O) groups is 1. The van der Waals surface area contributed by atoms with Crippen molar-refractivity contribution in [2.75, 3.05) is 5.32 Å². The van der Waals surface area contributed by atoms with Crippen molar-refractivity contribution in [3.63, 3.8) is 0 Å². The summed E-state index contributed by atoms with van der Waals surface area (Å²) >= 11 is 3.39. The second kappa shape index (κ2) is 5.50. The molecular formula is C15H18BrN3O. The van der Waals surface area contributed by atoms with Crippen LogP contribution in [-0.2, 0) is 4.79 Å². The van der Waals surface area contributed by atoms with Gasteiger partial charge in [-0.05, 0) is 33.5 Å². The fourth-order valence-electron chi connectivity index (χ4n) is 1.84. The van der Waals surface area contributed by atoms with Crippen LogP contribution in [0.15, 0.2) is 34.9 Å². The lowest BCUT2D eigenvalue weighted by molar-refractivity contribution is -0.119. The zero-order chi connectivity index (χ0) is 14.9. The maximum atomic E-state index is 12.2. The number of amides is 1. The molecule has 2 aromatic rings. The van der Waals surface area contributed by atoms with Gasteiger partial charge in [0.25, 0.3) is 0 Å². The van der Waals surface area contributed by atoms with Crippen LogP contribution in [0.5, 0.6) is 0 Å². The van der Waals surface area contributed by atoms with Crippen LogP contribution in [0.25, 0.3) is 10.9 Å². The van der Waals surface area contributed by atoms with Gasteiger partial charge in [-0.3, -0.25) is 9.78 Å². The maximum absolute atomic E-state index is 12.2. The molecule has 0 bridgehead atoms. The van der Waals surface area contributed by atoms with Gasteiger partial charge in [0.15, 0.2) is 0 Å². The Hall–Kier alpha value is -1.46. The predicted octanol–water partition coefficient (Wildman–Crippen LogP) is 3.31. The summed E-state index contributed by atoms with van der Waals surface area (Å²) < 4.78 is 0.903. The highest BCUT2D eigenvalue weighted by Crippen LogP contribution is 2.25. The number of carbonyl (C=O) groups excluding carboxylic acids is 1. The second-order valence-electron chi connectivity index (χ2n) is 5.86. The largest absolute Gasteiger partial charge is 0.323 e. The molecule has 4 nitrogen and oxygen atoms in total. The Bertz CT molecular complexity index is 649. The van der Waals surface area contributed by atoms with Crippen LogP contribution in [-0.4, -0.2) is 16.9 Å². The highest BCUT2D eigenvalue weighted by atomic mass is 79.9. The van der Waals surface area contributed by atoms with Gasteiger partial charge in [0, 0.05) is 16.1 Å². The summed E-state index contributed by atoms with van der Waals surface area (Å²) in [5, 5.41) is 3.83. The van der Waals surface area contributed by atoms with Crippen LogP contribution in [0, 0.1) is 5.41 Å². The van der Waals surface area contributed by atoms with Crippen molar-refractivity contribution in [2.45, 2.75) is 26.8 Å². The molecule has 1 amide bonds. The zero-order valence-corrected chi connectivity index (χ0v) is 13.4. The number of nitrogens with zero attached hydrogens (tertiary/aromatic N) is 1. The number of pyridine rings is 1. The molecule has 2 rings (SSSR count). The fraction of sp³-hybridized carbons (Fsp3) is 0.333. The Morgan fingerprint density at radius 3 is 2.75 bits per heavy atom. The van der Waals surface area contributed by atoms with Crippen molar-refractivity contribution in [1.29, 1.82) is 0 Å². The molecule has 0 aliphatic rings. The number of anilines is 1. The summed E-state index contributed by atoms with van der Waals surface area (Å²) in [6.45, 7) is 5.82. The number of rotatable bonds is 2. The monoisotopic (exact) mass is 335 g/mol. The number of nitrogens with one attached hydrogen (secondary N) is 1. The van der Waals surface area contributed by atoms with Crippen LogP contribution in [0.3, 0.4) is 0 Å². The van der Waals surface area contributed by atoms with Crippen LogP contribution in [0.4, 0.5) is 5.69 Å². The Morgan fingerprint density at radius 2 is 2.10 bits per heavy atom. The molecule has 0 spiro atoms. The van der Waals surface area contributed by atoms with E-state index in [2.05, 4.69) is 26.2 Å². The Morgan fingerprint density at radius 1 is 1.40 bits per heavy atom. The van der Waals surface area contributed by atoms with E-state index < -0.39 is 6.04 Å². The third kappa shape index (κ3) is 3.16. The van der Waals surface area contributed by atoms with Gasteiger partial charge in [-0.25, -0.2) is 0 Å². The highest BCUT2D eigenvalue weighted by Gasteiger charge is 2.27. The minimum absolute atomic E-state index is 0.199. The lowest BCUT2D eigenvalue weighted by Gasteiger charge is -2.25. The van der Waals surface area contributed by atoms with Gasteiger partial charge < -0.3 is 11.1 Å². The number of hydrogen-bond donors (Lipinski definition) is 2. The van der Waals surface area contributed by atoms with Crippen LogP contribution < -0.4 is 11.1 Å². The molecule has 1 aromatic carbocycles. The number of halogens is 1. The maximum Gasteiger partial charge on any atom is 0.241 e. The van der Waals surface area contributed by atoms with Gasteiger partial charge in [-0.2, -0.15) is 0 Å². The minimum atomic E-state index is -0.576. The number of hydrogen-bond acceptors (Lipinski definition) is 3. The lowest BCUT2D eigenvalue weighted by atomic mass is 9.87. The zero-order valence-electron chi connectivity index (χ0n) is 11.8. The molecule has 0 aliphatic heterocycles. The average molecular weight is 336 g/mol. The van der Waals surface area contributed by atoms with Crippen LogP contribution in [0.1, 0.15) is 20.8 Å². The van der Waals surface area contributed by atoms with E-state index in [-0.39, 0.29) is 11.3 Å². The van der Waals surface area contributed by atoms with Gasteiger partial charge in [-0.1, -0.05) is 32.9 Å². The first-order valence-corrected chi connectivity index (χ1v) is 7.19. The Balaban J connectivity index is 2.33. The van der Waals surface area contributed by atoms with Crippen molar-refractivity contribution >= 4 is 38.4 Å². The van der Waals surface area contributed by atoms with E-state index in [0.29, 0.717) is 5.69 Å². The Labute approximate surface area is 126 Å². The normalized spacial score (nSPS) is 13.2. The van der Waals surface area contributed by atoms with E-state index in [1.807, 2.05) is 45.0 Å². The fourth-order valence-corrected chi connectivity index (χ4v) is 2.19. The standard InChI is InChI=1S/C15H18BrN3O/c1-15(2,3)13(17)14(20)19-11-6-4-5-9-7-10(16)8-18-12(9)11/h4-8,13H,17H2,1-3H3,(H,19,20). The third-order valence-electron chi connectivity index (χ3n) is 3.15. The smallest absolute Gasteiger partial charge is 0.241 e. The van der Waals surface area contributed by atoms with Crippen molar-refractivity contribution in [3.05, 3.63) is 34.9 Å². The average Bonchev–Trinajstić information content (AvgIpc) is 2.36. The second-order valence-corrected chi connectivity index (χ2v) is 6.78. The molecule has 1 heterocycles. The number of para-hydroxylation sites is 1. The van der Waals surface area contributed by atoms with Crippen LogP contribution in [0.2, 0.25) is 0 Å². The summed E-state index contributed by atoms with van der Waals surface area (Å²) in [7, 11) is 0. The molecule has 0 aliphatic carbocycles. The van der Waals surface area contributed by atoms with Gasteiger partial charge in [0.1, 0.15) is 0 Å². The van der Waals surface area contributed by atoms with Crippen molar-refractivity contribution in [3.8, 4) is 0 Å². The van der Waals surface area contributed by atoms with Crippen molar-refractivity contribution < 1.29 is 4.79 Å². The molecular weight excluding hydrogens is 318 g/mol. The molecule has 0 saturated carbocycles. The molecule has 1 unspecified atom stereocenters. The van der Waals surface area contributed by atoms with E-state index in [4.69, 9.17) is 5.73 Å². The first-order valence-electron chi connectivity index (χ1n) is 6.40. The first-order chi connectivity index (χ1) is 9.29. The molecule has 0 saturated heterocycles. The molecule has 106 valence electrons. The molecule has 0 fully saturated rings. The predicted molar refractivity (Wildman–Crippen MR) is 85.5 cm³/mol. The van der Waals surface area contributed by atoms with E-state index in [0.717, 1.165) is 15.4 Å². The highest BCUT2D eigenvalue weighted by molar-refractivity contribution is 9.10. The van der Waals surface area contributed by atoms with E-state index in [1.54, 1.807) is 6.20 Å². The third-order valence-corrected chi connectivity index (χ3v) is 3.58. The lowest BCUT2D eigenvalue weighted by Crippen LogP contribution is -2.45. The van der Waals surface area contributed by atoms with E-state index >= 15 is 0 Å². The number of fused-ring (bicyclic) bond motifs is 1. The van der Waals surface area contributed by atoms with Gasteiger partial charge in [0.05, 0.1) is 17.2 Å². The van der Waals surface area contributed by atoms with E-state index in [9.17, 15) is 4.79 Å². The first kappa shape index (κ1) is 14.9.